The van der Waals surface area contributed by atoms with Gasteiger partial charge in [-0.25, -0.2) is 9.37 Å². The Morgan fingerprint density at radius 3 is 2.68 bits per heavy atom. The van der Waals surface area contributed by atoms with Crippen molar-refractivity contribution < 1.29 is 8.81 Å². The molecule has 0 bridgehead atoms. The zero-order chi connectivity index (χ0) is 19.6. The first-order chi connectivity index (χ1) is 13.7. The Balaban J connectivity index is 1.49. The zero-order valence-corrected chi connectivity index (χ0v) is 15.9. The lowest BCUT2D eigenvalue weighted by Gasteiger charge is -2.10. The summed E-state index contributed by atoms with van der Waals surface area (Å²) in [5.41, 5.74) is 2.61. The number of hydrogen-bond acceptors (Lipinski definition) is 4. The van der Waals surface area contributed by atoms with Gasteiger partial charge < -0.3 is 15.1 Å². The van der Waals surface area contributed by atoms with E-state index in [-0.39, 0.29) is 5.82 Å². The Kier molecular flexibility index (Phi) is 7.12. The summed E-state index contributed by atoms with van der Waals surface area (Å²) in [6, 6.07) is 12.0. The lowest BCUT2D eigenvalue weighted by molar-refractivity contribution is 0.571. The van der Waals surface area contributed by atoms with Gasteiger partial charge in [0.05, 0.1) is 5.69 Å². The summed E-state index contributed by atoms with van der Waals surface area (Å²) in [5.74, 6) is 0.977. The molecule has 0 unspecified atom stereocenters. The van der Waals surface area contributed by atoms with Crippen LogP contribution in [0.25, 0.3) is 11.5 Å². The Bertz CT molecular complexity index is 877. The van der Waals surface area contributed by atoms with Gasteiger partial charge in [-0.05, 0) is 43.3 Å². The summed E-state index contributed by atoms with van der Waals surface area (Å²) in [4.78, 5) is 13.3. The van der Waals surface area contributed by atoms with Crippen molar-refractivity contribution in [2.45, 2.75) is 19.8 Å². The lowest BCUT2D eigenvalue weighted by Crippen LogP contribution is -2.38. The van der Waals surface area contributed by atoms with Gasteiger partial charge in [-0.2, -0.15) is 0 Å². The van der Waals surface area contributed by atoms with Crippen LogP contribution in [0, 0.1) is 5.82 Å². The quantitative estimate of drug-likeness (QED) is 0.463. The Hall–Kier alpha value is -3.22. The first-order valence-corrected chi connectivity index (χ1v) is 9.37. The fourth-order valence-corrected chi connectivity index (χ4v) is 2.63. The van der Waals surface area contributed by atoms with E-state index in [9.17, 15) is 4.39 Å². The van der Waals surface area contributed by atoms with Gasteiger partial charge in [-0.3, -0.25) is 9.98 Å². The smallest absolute Gasteiger partial charge is 0.226 e. The van der Waals surface area contributed by atoms with Gasteiger partial charge in [0.2, 0.25) is 5.89 Å². The van der Waals surface area contributed by atoms with E-state index in [1.807, 2.05) is 25.1 Å². The lowest BCUT2D eigenvalue weighted by atomic mass is 10.2. The van der Waals surface area contributed by atoms with Crippen LogP contribution in [0.5, 0.6) is 0 Å². The van der Waals surface area contributed by atoms with Crippen LogP contribution in [0.4, 0.5) is 4.39 Å². The normalized spacial score (nSPS) is 11.4. The second kappa shape index (κ2) is 10.2. The number of halogens is 1. The van der Waals surface area contributed by atoms with Crippen molar-refractivity contribution in [1.82, 2.24) is 20.6 Å². The molecule has 0 saturated heterocycles. The van der Waals surface area contributed by atoms with Crippen LogP contribution < -0.4 is 10.6 Å². The molecule has 0 aliphatic rings. The molecule has 0 radical (unpaired) electrons. The van der Waals surface area contributed by atoms with Crippen molar-refractivity contribution in [3.63, 3.8) is 0 Å². The molecule has 6 nitrogen and oxygen atoms in total. The highest BCUT2D eigenvalue weighted by Gasteiger charge is 2.07. The molecule has 2 N–H and O–H groups in total. The van der Waals surface area contributed by atoms with Crippen molar-refractivity contribution in [3.8, 4) is 11.5 Å². The van der Waals surface area contributed by atoms with Crippen LogP contribution in [0.1, 0.15) is 18.3 Å². The maximum absolute atomic E-state index is 13.0. The monoisotopic (exact) mass is 381 g/mol. The van der Waals surface area contributed by atoms with E-state index in [1.165, 1.54) is 12.1 Å². The number of aromatic nitrogens is 2. The van der Waals surface area contributed by atoms with Crippen molar-refractivity contribution in [3.05, 3.63) is 72.1 Å². The van der Waals surface area contributed by atoms with Gasteiger partial charge in [-0.15, -0.1) is 0 Å². The molecule has 0 aliphatic heterocycles. The molecule has 1 aromatic carbocycles. The van der Waals surface area contributed by atoms with Gasteiger partial charge >= 0.3 is 0 Å². The number of aliphatic imine (C=N–C) groups is 1. The molecule has 0 atom stereocenters. The highest BCUT2D eigenvalue weighted by molar-refractivity contribution is 5.79. The maximum atomic E-state index is 13.0. The molecule has 146 valence electrons. The average Bonchev–Trinajstić information content (AvgIpc) is 3.18. The van der Waals surface area contributed by atoms with Crippen LogP contribution in [0.2, 0.25) is 0 Å². The molecule has 2 aromatic heterocycles. The summed E-state index contributed by atoms with van der Waals surface area (Å²) in [6.07, 6.45) is 4.91. The topological polar surface area (TPSA) is 75.3 Å². The van der Waals surface area contributed by atoms with E-state index in [2.05, 4.69) is 25.6 Å². The minimum Gasteiger partial charge on any atom is -0.444 e. The standard InChI is InChI=1S/C21H24FN5O/c1-2-23-21(25-13-10-18-5-3-4-12-24-18)26-14-11-19-15-28-20(27-19)16-6-8-17(22)9-7-16/h3-9,12,15H,2,10-11,13-14H2,1H3,(H2,23,25,26). The van der Waals surface area contributed by atoms with Crippen LogP contribution in [0.3, 0.4) is 0 Å². The highest BCUT2D eigenvalue weighted by Crippen LogP contribution is 2.18. The molecule has 3 aromatic rings. The van der Waals surface area contributed by atoms with E-state index >= 15 is 0 Å². The third-order valence-electron chi connectivity index (χ3n) is 4.02. The summed E-state index contributed by atoms with van der Waals surface area (Å²) in [5, 5.41) is 6.53. The molecular formula is C21H24FN5O. The third-order valence-corrected chi connectivity index (χ3v) is 4.02. The predicted molar refractivity (Wildman–Crippen MR) is 108 cm³/mol. The molecular weight excluding hydrogens is 357 g/mol. The fourth-order valence-electron chi connectivity index (χ4n) is 2.63. The summed E-state index contributed by atoms with van der Waals surface area (Å²) in [7, 11) is 0. The number of pyridine rings is 1. The highest BCUT2D eigenvalue weighted by atomic mass is 19.1. The van der Waals surface area contributed by atoms with Crippen LogP contribution in [-0.4, -0.2) is 35.6 Å². The van der Waals surface area contributed by atoms with Crippen molar-refractivity contribution in [2.75, 3.05) is 19.6 Å². The molecule has 0 spiro atoms. The van der Waals surface area contributed by atoms with Gasteiger partial charge in [0.25, 0.3) is 0 Å². The minimum atomic E-state index is -0.280. The Labute approximate surface area is 163 Å². The summed E-state index contributed by atoms with van der Waals surface area (Å²) >= 11 is 0. The molecule has 0 amide bonds. The maximum Gasteiger partial charge on any atom is 0.226 e. The number of benzene rings is 1. The first kappa shape index (κ1) is 19.5. The van der Waals surface area contributed by atoms with Crippen molar-refractivity contribution >= 4 is 5.96 Å². The second-order valence-corrected chi connectivity index (χ2v) is 6.16. The largest absolute Gasteiger partial charge is 0.444 e. The predicted octanol–water partition coefficient (Wildman–Crippen LogP) is 3.22. The van der Waals surface area contributed by atoms with E-state index in [0.717, 1.165) is 35.9 Å². The third kappa shape index (κ3) is 5.90. The van der Waals surface area contributed by atoms with Crippen molar-refractivity contribution in [1.29, 1.82) is 0 Å². The minimum absolute atomic E-state index is 0.280. The van der Waals surface area contributed by atoms with Crippen molar-refractivity contribution in [2.24, 2.45) is 4.99 Å². The van der Waals surface area contributed by atoms with Crippen LogP contribution in [-0.2, 0) is 12.8 Å². The number of nitrogens with zero attached hydrogens (tertiary/aromatic N) is 3. The van der Waals surface area contributed by atoms with Gasteiger partial charge in [-0.1, -0.05) is 6.07 Å². The first-order valence-electron chi connectivity index (χ1n) is 9.37. The van der Waals surface area contributed by atoms with Gasteiger partial charge in [0.1, 0.15) is 12.1 Å². The second-order valence-electron chi connectivity index (χ2n) is 6.16. The number of oxazole rings is 1. The van der Waals surface area contributed by atoms with E-state index in [4.69, 9.17) is 4.42 Å². The molecule has 7 heteroatoms. The molecule has 0 fully saturated rings. The molecule has 28 heavy (non-hydrogen) atoms. The Morgan fingerprint density at radius 2 is 1.93 bits per heavy atom. The van der Waals surface area contributed by atoms with Crippen LogP contribution in [0.15, 0.2) is 64.3 Å². The number of nitrogens with one attached hydrogen (secondary N) is 2. The van der Waals surface area contributed by atoms with Gasteiger partial charge in [0.15, 0.2) is 5.96 Å². The summed E-state index contributed by atoms with van der Waals surface area (Å²) < 4.78 is 18.5. The Morgan fingerprint density at radius 1 is 1.07 bits per heavy atom. The number of hydrogen-bond donors (Lipinski definition) is 2. The molecule has 0 aliphatic carbocycles. The summed E-state index contributed by atoms with van der Waals surface area (Å²) in [6.45, 7) is 4.15. The number of rotatable bonds is 8. The molecule has 2 heterocycles. The fraction of sp³-hybridized carbons (Fsp3) is 0.286. The van der Waals surface area contributed by atoms with Crippen LogP contribution >= 0.6 is 0 Å². The van der Waals surface area contributed by atoms with E-state index < -0.39 is 0 Å². The SMILES string of the molecule is CCNC(=NCCc1ccccn1)NCCc1coc(-c2ccc(F)cc2)n1. The average molecular weight is 381 g/mol. The molecule has 3 rings (SSSR count). The molecule has 0 saturated carbocycles. The van der Waals surface area contributed by atoms with E-state index in [0.29, 0.717) is 25.4 Å². The van der Waals surface area contributed by atoms with Gasteiger partial charge in [0, 0.05) is 49.9 Å². The number of guanidine groups is 1. The zero-order valence-electron chi connectivity index (χ0n) is 15.9. The van der Waals surface area contributed by atoms with E-state index in [1.54, 1.807) is 24.6 Å².